The van der Waals surface area contributed by atoms with E-state index in [9.17, 15) is 5.11 Å². The van der Waals surface area contributed by atoms with Gasteiger partial charge < -0.3 is 10.0 Å². The first-order valence-corrected chi connectivity index (χ1v) is 10.4. The molecule has 0 amide bonds. The standard InChI is InChI=1S/C21H23ClN2OS/c1-14-12-19(24-10-3-2-4-17(24)9-11-25)21-18(23-14)13-20(26-21)15-5-7-16(22)8-6-15/h5-8,12-13,17,25H,2-4,9-11H2,1H3. The molecule has 1 unspecified atom stereocenters. The van der Waals surface area contributed by atoms with Crippen LogP contribution in [-0.2, 0) is 0 Å². The van der Waals surface area contributed by atoms with Crippen molar-refractivity contribution in [1.29, 1.82) is 0 Å². The molecule has 1 N–H and O–H groups in total. The summed E-state index contributed by atoms with van der Waals surface area (Å²) in [4.78, 5) is 8.49. The van der Waals surface area contributed by atoms with E-state index in [1.54, 1.807) is 11.3 Å². The Morgan fingerprint density at radius 1 is 1.23 bits per heavy atom. The molecule has 4 rings (SSSR count). The highest BCUT2D eigenvalue weighted by atomic mass is 35.5. The van der Waals surface area contributed by atoms with Gasteiger partial charge in [0, 0.05) is 34.8 Å². The van der Waals surface area contributed by atoms with Gasteiger partial charge >= 0.3 is 0 Å². The van der Waals surface area contributed by atoms with Crippen molar-refractivity contribution in [1.82, 2.24) is 4.98 Å². The summed E-state index contributed by atoms with van der Waals surface area (Å²) < 4.78 is 1.24. The molecule has 2 aromatic heterocycles. The van der Waals surface area contributed by atoms with E-state index in [1.165, 1.54) is 33.7 Å². The van der Waals surface area contributed by atoms with E-state index in [0.29, 0.717) is 6.04 Å². The van der Waals surface area contributed by atoms with Gasteiger partial charge in [-0.1, -0.05) is 23.7 Å². The molecule has 5 heteroatoms. The van der Waals surface area contributed by atoms with Crippen LogP contribution in [0.2, 0.25) is 5.02 Å². The molecular formula is C21H23ClN2OS. The first kappa shape index (κ1) is 17.8. The number of aliphatic hydroxyl groups is 1. The molecule has 0 bridgehead atoms. The predicted molar refractivity (Wildman–Crippen MR) is 111 cm³/mol. The SMILES string of the molecule is Cc1cc(N2CCCCC2CCO)c2sc(-c3ccc(Cl)cc3)cc2n1. The van der Waals surface area contributed by atoms with Crippen molar-refractivity contribution in [3.8, 4) is 10.4 Å². The Morgan fingerprint density at radius 3 is 2.81 bits per heavy atom. The number of hydrogen-bond acceptors (Lipinski definition) is 4. The fraction of sp³-hybridized carbons (Fsp3) is 0.381. The smallest absolute Gasteiger partial charge is 0.0840 e. The highest BCUT2D eigenvalue weighted by molar-refractivity contribution is 7.22. The van der Waals surface area contributed by atoms with Crippen LogP contribution in [0.5, 0.6) is 0 Å². The van der Waals surface area contributed by atoms with Crippen molar-refractivity contribution in [2.75, 3.05) is 18.1 Å². The van der Waals surface area contributed by atoms with Gasteiger partial charge in [-0.2, -0.15) is 0 Å². The quantitative estimate of drug-likeness (QED) is 0.627. The number of fused-ring (bicyclic) bond motifs is 1. The fourth-order valence-corrected chi connectivity index (χ4v) is 5.13. The maximum atomic E-state index is 9.48. The Labute approximate surface area is 163 Å². The fourth-order valence-electron chi connectivity index (χ4n) is 3.87. The summed E-state index contributed by atoms with van der Waals surface area (Å²) in [5, 5.41) is 10.2. The van der Waals surface area contributed by atoms with Crippen molar-refractivity contribution in [2.24, 2.45) is 0 Å². The van der Waals surface area contributed by atoms with Crippen molar-refractivity contribution in [2.45, 2.75) is 38.6 Å². The molecule has 1 saturated heterocycles. The molecule has 1 fully saturated rings. The molecule has 1 aromatic carbocycles. The summed E-state index contributed by atoms with van der Waals surface area (Å²) in [6.07, 6.45) is 4.44. The number of aromatic nitrogens is 1. The Bertz CT molecular complexity index is 904. The van der Waals surface area contributed by atoms with Crippen LogP contribution in [-0.4, -0.2) is 29.3 Å². The third kappa shape index (κ3) is 3.46. The van der Waals surface area contributed by atoms with E-state index in [1.807, 2.05) is 12.1 Å². The van der Waals surface area contributed by atoms with Gasteiger partial charge in [0.25, 0.3) is 0 Å². The van der Waals surface area contributed by atoms with Crippen LogP contribution < -0.4 is 4.90 Å². The number of pyridine rings is 1. The number of halogens is 1. The number of benzene rings is 1. The zero-order chi connectivity index (χ0) is 18.1. The number of aliphatic hydroxyl groups excluding tert-OH is 1. The first-order chi connectivity index (χ1) is 12.7. The Kier molecular flexibility index (Phi) is 5.16. The van der Waals surface area contributed by atoms with E-state index >= 15 is 0 Å². The Hall–Kier alpha value is -1.62. The Balaban J connectivity index is 1.80. The number of piperidine rings is 1. The molecule has 1 atom stereocenters. The topological polar surface area (TPSA) is 36.4 Å². The second-order valence-corrected chi connectivity index (χ2v) is 8.46. The van der Waals surface area contributed by atoms with Gasteiger partial charge in [0.15, 0.2) is 0 Å². The van der Waals surface area contributed by atoms with E-state index < -0.39 is 0 Å². The average molecular weight is 387 g/mol. The second kappa shape index (κ2) is 7.55. The minimum Gasteiger partial charge on any atom is -0.396 e. The van der Waals surface area contributed by atoms with Gasteiger partial charge in [0.1, 0.15) is 0 Å². The minimum absolute atomic E-state index is 0.245. The van der Waals surface area contributed by atoms with Gasteiger partial charge in [0.05, 0.1) is 15.9 Å². The molecule has 3 nitrogen and oxygen atoms in total. The van der Waals surface area contributed by atoms with E-state index in [2.05, 4.69) is 36.1 Å². The minimum atomic E-state index is 0.245. The molecule has 0 spiro atoms. The van der Waals surface area contributed by atoms with Gasteiger partial charge in [-0.15, -0.1) is 11.3 Å². The summed E-state index contributed by atoms with van der Waals surface area (Å²) in [6, 6.07) is 12.8. The van der Waals surface area contributed by atoms with Crippen LogP contribution in [0.4, 0.5) is 5.69 Å². The lowest BCUT2D eigenvalue weighted by atomic mass is 9.98. The summed E-state index contributed by atoms with van der Waals surface area (Å²) in [6.45, 7) is 3.36. The predicted octanol–water partition coefficient (Wildman–Crippen LogP) is 5.67. The lowest BCUT2D eigenvalue weighted by Gasteiger charge is -2.37. The summed E-state index contributed by atoms with van der Waals surface area (Å²) in [5.74, 6) is 0. The number of nitrogens with zero attached hydrogens (tertiary/aromatic N) is 2. The average Bonchev–Trinajstić information content (AvgIpc) is 3.06. The zero-order valence-electron chi connectivity index (χ0n) is 14.9. The van der Waals surface area contributed by atoms with Crippen molar-refractivity contribution in [3.63, 3.8) is 0 Å². The molecule has 0 saturated carbocycles. The van der Waals surface area contributed by atoms with Crippen LogP contribution >= 0.6 is 22.9 Å². The molecular weight excluding hydrogens is 364 g/mol. The molecule has 1 aliphatic rings. The van der Waals surface area contributed by atoms with Gasteiger partial charge in [-0.25, -0.2) is 0 Å². The maximum absolute atomic E-state index is 9.48. The maximum Gasteiger partial charge on any atom is 0.0840 e. The van der Waals surface area contributed by atoms with Gasteiger partial charge in [0.2, 0.25) is 0 Å². The zero-order valence-corrected chi connectivity index (χ0v) is 16.5. The Morgan fingerprint density at radius 2 is 2.04 bits per heavy atom. The summed E-state index contributed by atoms with van der Waals surface area (Å²) in [7, 11) is 0. The molecule has 3 aromatic rings. The van der Waals surface area contributed by atoms with Crippen molar-refractivity contribution >= 4 is 38.8 Å². The van der Waals surface area contributed by atoms with Crippen LogP contribution in [0.25, 0.3) is 20.7 Å². The molecule has 1 aliphatic heterocycles. The lowest BCUT2D eigenvalue weighted by Crippen LogP contribution is -2.40. The summed E-state index contributed by atoms with van der Waals surface area (Å²) in [5.41, 5.74) is 4.55. The summed E-state index contributed by atoms with van der Waals surface area (Å²) >= 11 is 7.83. The normalized spacial score (nSPS) is 17.8. The monoisotopic (exact) mass is 386 g/mol. The van der Waals surface area contributed by atoms with Gasteiger partial charge in [-0.3, -0.25) is 4.98 Å². The van der Waals surface area contributed by atoms with E-state index in [0.717, 1.165) is 35.6 Å². The van der Waals surface area contributed by atoms with Crippen LogP contribution in [0.1, 0.15) is 31.4 Å². The largest absolute Gasteiger partial charge is 0.396 e. The second-order valence-electron chi connectivity index (χ2n) is 6.97. The molecule has 0 radical (unpaired) electrons. The van der Waals surface area contributed by atoms with Crippen molar-refractivity contribution < 1.29 is 5.11 Å². The lowest BCUT2D eigenvalue weighted by molar-refractivity contribution is 0.262. The third-order valence-electron chi connectivity index (χ3n) is 5.12. The number of anilines is 1. The first-order valence-electron chi connectivity index (χ1n) is 9.20. The number of hydrogen-bond donors (Lipinski definition) is 1. The number of rotatable bonds is 4. The molecule has 3 heterocycles. The molecule has 0 aliphatic carbocycles. The molecule has 136 valence electrons. The highest BCUT2D eigenvalue weighted by Gasteiger charge is 2.25. The number of aryl methyl sites for hydroxylation is 1. The van der Waals surface area contributed by atoms with Gasteiger partial charge in [-0.05, 0) is 62.4 Å². The van der Waals surface area contributed by atoms with Crippen molar-refractivity contribution in [3.05, 3.63) is 47.1 Å². The van der Waals surface area contributed by atoms with E-state index in [-0.39, 0.29) is 6.61 Å². The van der Waals surface area contributed by atoms with Crippen LogP contribution in [0, 0.1) is 6.92 Å². The van der Waals surface area contributed by atoms with Crippen LogP contribution in [0.15, 0.2) is 36.4 Å². The van der Waals surface area contributed by atoms with E-state index in [4.69, 9.17) is 16.6 Å². The number of thiophene rings is 1. The third-order valence-corrected chi connectivity index (χ3v) is 6.56. The van der Waals surface area contributed by atoms with Crippen LogP contribution in [0.3, 0.4) is 0 Å². The molecule has 26 heavy (non-hydrogen) atoms. The highest BCUT2D eigenvalue weighted by Crippen LogP contribution is 2.40.